The highest BCUT2D eigenvalue weighted by Gasteiger charge is 2.16. The Morgan fingerprint density at radius 1 is 1.10 bits per heavy atom. The van der Waals surface area contributed by atoms with Crippen molar-refractivity contribution in [2.45, 2.75) is 13.3 Å². The molecule has 0 fully saturated rings. The van der Waals surface area contributed by atoms with Crippen LogP contribution in [-0.2, 0) is 16.0 Å². The highest BCUT2D eigenvalue weighted by molar-refractivity contribution is 7.15. The van der Waals surface area contributed by atoms with E-state index in [1.54, 1.807) is 28.8 Å². The number of para-hydroxylation sites is 2. The molecule has 8 nitrogen and oxygen atoms in total. The van der Waals surface area contributed by atoms with E-state index in [0.29, 0.717) is 30.2 Å². The number of carbonyl (C=O) groups is 2. The van der Waals surface area contributed by atoms with Gasteiger partial charge in [0.15, 0.2) is 5.82 Å². The summed E-state index contributed by atoms with van der Waals surface area (Å²) in [5.41, 5.74) is 3.45. The van der Waals surface area contributed by atoms with E-state index in [2.05, 4.69) is 20.7 Å². The minimum absolute atomic E-state index is 0.295. The number of hydrogen-bond acceptors (Lipinski definition) is 6. The lowest BCUT2D eigenvalue weighted by Gasteiger charge is -2.09. The Labute approximate surface area is 182 Å². The molecule has 0 atom stereocenters. The Morgan fingerprint density at radius 2 is 1.87 bits per heavy atom. The van der Waals surface area contributed by atoms with Crippen molar-refractivity contribution < 1.29 is 14.3 Å². The van der Waals surface area contributed by atoms with Gasteiger partial charge in [0.2, 0.25) is 4.96 Å². The van der Waals surface area contributed by atoms with Crippen molar-refractivity contribution >= 4 is 33.8 Å². The van der Waals surface area contributed by atoms with Gasteiger partial charge >= 0.3 is 11.8 Å². The summed E-state index contributed by atoms with van der Waals surface area (Å²) in [4.78, 5) is 29.7. The highest BCUT2D eigenvalue weighted by atomic mass is 32.1. The summed E-state index contributed by atoms with van der Waals surface area (Å²) >= 11 is 1.49. The van der Waals surface area contributed by atoms with Crippen LogP contribution >= 0.6 is 11.3 Å². The normalized spacial score (nSPS) is 10.8. The monoisotopic (exact) mass is 435 g/mol. The number of rotatable bonds is 6. The molecular weight excluding hydrogens is 414 g/mol. The molecule has 2 heterocycles. The van der Waals surface area contributed by atoms with Gasteiger partial charge in [-0.2, -0.15) is 4.98 Å². The number of nitrogens with one attached hydrogen (secondary N) is 2. The molecule has 0 saturated heterocycles. The minimum atomic E-state index is -0.748. The molecule has 0 bridgehead atoms. The number of amides is 2. The first-order valence-corrected chi connectivity index (χ1v) is 10.6. The van der Waals surface area contributed by atoms with Crippen molar-refractivity contribution in [1.29, 1.82) is 0 Å². The summed E-state index contributed by atoms with van der Waals surface area (Å²) in [7, 11) is 1.50. The van der Waals surface area contributed by atoms with Gasteiger partial charge in [-0.05, 0) is 24.6 Å². The number of nitrogens with zero attached hydrogens (tertiary/aromatic N) is 3. The first kappa shape index (κ1) is 20.5. The summed E-state index contributed by atoms with van der Waals surface area (Å²) in [6, 6.07) is 14.9. The molecule has 9 heteroatoms. The van der Waals surface area contributed by atoms with Crippen LogP contribution in [0.2, 0.25) is 0 Å². The molecule has 0 aliphatic carbocycles. The van der Waals surface area contributed by atoms with Crippen molar-refractivity contribution in [3.05, 3.63) is 65.2 Å². The summed E-state index contributed by atoms with van der Waals surface area (Å²) in [6.45, 7) is 2.32. The maximum atomic E-state index is 12.2. The van der Waals surface area contributed by atoms with Crippen molar-refractivity contribution in [3.63, 3.8) is 0 Å². The molecule has 158 valence electrons. The third-order valence-corrected chi connectivity index (χ3v) is 5.63. The zero-order valence-corrected chi connectivity index (χ0v) is 17.9. The maximum Gasteiger partial charge on any atom is 0.313 e. The van der Waals surface area contributed by atoms with Crippen LogP contribution in [0.3, 0.4) is 0 Å². The fraction of sp³-hybridized carbons (Fsp3) is 0.182. The lowest BCUT2D eigenvalue weighted by molar-refractivity contribution is -0.136. The van der Waals surface area contributed by atoms with E-state index in [1.807, 2.05) is 36.6 Å². The van der Waals surface area contributed by atoms with E-state index in [0.717, 1.165) is 21.8 Å². The number of carbonyl (C=O) groups excluding carboxylic acids is 2. The number of methoxy groups -OCH3 is 1. The largest absolute Gasteiger partial charge is 0.495 e. The summed E-state index contributed by atoms with van der Waals surface area (Å²) < 4.78 is 6.96. The number of anilines is 1. The van der Waals surface area contributed by atoms with Crippen LogP contribution in [0.1, 0.15) is 11.3 Å². The molecule has 2 aromatic carbocycles. The highest BCUT2D eigenvalue weighted by Crippen LogP contribution is 2.24. The molecule has 0 radical (unpaired) electrons. The number of fused-ring (bicyclic) bond motifs is 1. The van der Waals surface area contributed by atoms with Crippen LogP contribution < -0.4 is 15.4 Å². The van der Waals surface area contributed by atoms with E-state index >= 15 is 0 Å². The predicted octanol–water partition coefficient (Wildman–Crippen LogP) is 3.07. The Morgan fingerprint density at radius 3 is 2.68 bits per heavy atom. The molecule has 2 N–H and O–H groups in total. The van der Waals surface area contributed by atoms with Crippen LogP contribution in [0.25, 0.3) is 16.3 Å². The molecule has 0 saturated carbocycles. The lowest BCUT2D eigenvalue weighted by atomic mass is 10.1. The molecular formula is C22H21N5O3S. The second-order valence-corrected chi connectivity index (χ2v) is 7.67. The number of aryl methyl sites for hydroxylation is 1. The number of hydrogen-bond donors (Lipinski definition) is 2. The maximum absolute atomic E-state index is 12.2. The quantitative estimate of drug-likeness (QED) is 0.454. The van der Waals surface area contributed by atoms with E-state index in [-0.39, 0.29) is 0 Å². The van der Waals surface area contributed by atoms with Crippen LogP contribution in [-0.4, -0.2) is 40.1 Å². The van der Waals surface area contributed by atoms with E-state index < -0.39 is 11.8 Å². The third-order valence-electron chi connectivity index (χ3n) is 4.76. The molecule has 4 aromatic rings. The van der Waals surface area contributed by atoms with Crippen molar-refractivity contribution in [2.75, 3.05) is 19.0 Å². The number of aromatic nitrogens is 3. The molecule has 2 amide bonds. The zero-order valence-electron chi connectivity index (χ0n) is 17.1. The fourth-order valence-electron chi connectivity index (χ4n) is 3.15. The second-order valence-electron chi connectivity index (χ2n) is 6.83. The van der Waals surface area contributed by atoms with E-state index in [1.165, 1.54) is 18.4 Å². The fourth-order valence-corrected chi connectivity index (χ4v) is 4.00. The van der Waals surface area contributed by atoms with Gasteiger partial charge in [-0.25, -0.2) is 4.52 Å². The van der Waals surface area contributed by atoms with Gasteiger partial charge in [0, 0.05) is 23.9 Å². The zero-order chi connectivity index (χ0) is 21.8. The summed E-state index contributed by atoms with van der Waals surface area (Å²) in [5.74, 6) is -0.300. The van der Waals surface area contributed by atoms with Crippen LogP contribution in [0.15, 0.2) is 53.9 Å². The standard InChI is InChI=1S/C22H21N5O3S/c1-14-7-3-4-8-16(14)19-25-22-27(26-19)15(13-31-22)11-12-23-20(28)21(29)24-17-9-5-6-10-18(17)30-2/h3-10,13H,11-12H2,1-2H3,(H,23,28)(H,24,29). The van der Waals surface area contributed by atoms with Crippen molar-refractivity contribution in [1.82, 2.24) is 19.9 Å². The molecule has 0 aliphatic rings. The molecule has 0 unspecified atom stereocenters. The molecule has 31 heavy (non-hydrogen) atoms. The van der Waals surface area contributed by atoms with Gasteiger partial charge in [-0.1, -0.05) is 36.4 Å². The van der Waals surface area contributed by atoms with Gasteiger partial charge < -0.3 is 15.4 Å². The Bertz CT molecular complexity index is 1250. The molecule has 2 aromatic heterocycles. The van der Waals surface area contributed by atoms with Gasteiger partial charge in [0.05, 0.1) is 18.5 Å². The Balaban J connectivity index is 1.38. The predicted molar refractivity (Wildman–Crippen MR) is 119 cm³/mol. The van der Waals surface area contributed by atoms with Gasteiger partial charge in [-0.3, -0.25) is 9.59 Å². The van der Waals surface area contributed by atoms with Gasteiger partial charge in [0.25, 0.3) is 0 Å². The van der Waals surface area contributed by atoms with Gasteiger partial charge in [0.1, 0.15) is 5.75 Å². The van der Waals surface area contributed by atoms with Crippen LogP contribution in [0, 0.1) is 6.92 Å². The lowest BCUT2D eigenvalue weighted by Crippen LogP contribution is -2.36. The second kappa shape index (κ2) is 8.97. The van der Waals surface area contributed by atoms with Crippen molar-refractivity contribution in [2.24, 2.45) is 0 Å². The average molecular weight is 436 g/mol. The number of ether oxygens (including phenoxy) is 1. The average Bonchev–Trinajstić information content (AvgIpc) is 3.36. The van der Waals surface area contributed by atoms with Crippen LogP contribution in [0.4, 0.5) is 5.69 Å². The van der Waals surface area contributed by atoms with E-state index in [9.17, 15) is 9.59 Å². The van der Waals surface area contributed by atoms with Gasteiger partial charge in [-0.15, -0.1) is 16.4 Å². The van der Waals surface area contributed by atoms with Crippen molar-refractivity contribution in [3.8, 4) is 17.1 Å². The smallest absolute Gasteiger partial charge is 0.313 e. The topological polar surface area (TPSA) is 97.6 Å². The first-order valence-electron chi connectivity index (χ1n) is 9.68. The summed E-state index contributed by atoms with van der Waals surface area (Å²) in [5, 5.41) is 11.8. The third kappa shape index (κ3) is 4.41. The molecule has 0 spiro atoms. The first-order chi connectivity index (χ1) is 15.1. The number of thiazole rings is 1. The Hall–Kier alpha value is -3.72. The molecule has 4 rings (SSSR count). The SMILES string of the molecule is COc1ccccc1NC(=O)C(=O)NCCc1csc2nc(-c3ccccc3C)nn12. The van der Waals surface area contributed by atoms with E-state index in [4.69, 9.17) is 4.74 Å². The number of benzene rings is 2. The minimum Gasteiger partial charge on any atom is -0.495 e. The van der Waals surface area contributed by atoms with Crippen LogP contribution in [0.5, 0.6) is 5.75 Å². The summed E-state index contributed by atoms with van der Waals surface area (Å²) in [6.07, 6.45) is 0.518. The Kier molecular flexibility index (Phi) is 5.94. The molecule has 0 aliphatic heterocycles.